The molecule has 5 saturated heterocycles. The lowest BCUT2D eigenvalue weighted by Gasteiger charge is -2.59. The molecule has 0 aliphatic carbocycles. The third-order valence-corrected chi connectivity index (χ3v) is 8.75. The van der Waals surface area contributed by atoms with Gasteiger partial charge in [0, 0.05) is 51.5 Å². The first-order valence-corrected chi connectivity index (χ1v) is 12.9. The first-order valence-electron chi connectivity index (χ1n) is 12.9. The predicted molar refractivity (Wildman–Crippen MR) is 115 cm³/mol. The van der Waals surface area contributed by atoms with E-state index in [1.165, 1.54) is 51.4 Å². The van der Waals surface area contributed by atoms with Crippen molar-refractivity contribution in [3.63, 3.8) is 0 Å². The van der Waals surface area contributed by atoms with Gasteiger partial charge in [0.1, 0.15) is 5.60 Å². The first-order chi connectivity index (χ1) is 14.9. The lowest BCUT2D eigenvalue weighted by molar-refractivity contribution is -0.284. The lowest BCUT2D eigenvalue weighted by Crippen LogP contribution is -2.67. The van der Waals surface area contributed by atoms with E-state index in [9.17, 15) is 0 Å². The van der Waals surface area contributed by atoms with Crippen molar-refractivity contribution < 1.29 is 23.7 Å². The van der Waals surface area contributed by atoms with E-state index in [0.29, 0.717) is 23.9 Å². The van der Waals surface area contributed by atoms with Gasteiger partial charge in [-0.15, -0.1) is 0 Å². The van der Waals surface area contributed by atoms with E-state index in [4.69, 9.17) is 23.7 Å². The van der Waals surface area contributed by atoms with Gasteiger partial charge in [-0.25, -0.2) is 0 Å². The molecule has 5 heterocycles. The molecule has 6 unspecified atom stereocenters. The number of rotatable bonds is 4. The highest BCUT2D eigenvalue weighted by Gasteiger charge is 2.60. The summed E-state index contributed by atoms with van der Waals surface area (Å²) in [4.78, 5) is 0. The third kappa shape index (κ3) is 4.22. The second kappa shape index (κ2) is 10.2. The largest absolute Gasteiger partial charge is 0.381 e. The van der Waals surface area contributed by atoms with E-state index < -0.39 is 0 Å². The maximum absolute atomic E-state index is 7.02. The molecular weight excluding hydrogens is 380 g/mol. The van der Waals surface area contributed by atoms with E-state index in [0.717, 1.165) is 71.4 Å². The van der Waals surface area contributed by atoms with Crippen molar-refractivity contribution in [3.05, 3.63) is 0 Å². The molecule has 0 spiro atoms. The van der Waals surface area contributed by atoms with E-state index >= 15 is 0 Å². The average Bonchev–Trinajstić information content (AvgIpc) is 2.85. The van der Waals surface area contributed by atoms with Crippen LogP contribution in [0.5, 0.6) is 0 Å². The molecule has 0 N–H and O–H groups in total. The van der Waals surface area contributed by atoms with Gasteiger partial charge in [-0.2, -0.15) is 0 Å². The molecule has 0 bridgehead atoms. The van der Waals surface area contributed by atoms with Crippen LogP contribution in [0.25, 0.3) is 0 Å². The predicted octanol–water partition coefficient (Wildman–Crippen LogP) is 4.37. The molecule has 6 atom stereocenters. The van der Waals surface area contributed by atoms with Crippen LogP contribution >= 0.6 is 0 Å². The van der Waals surface area contributed by atoms with Crippen molar-refractivity contribution in [2.24, 2.45) is 23.7 Å². The normalized spacial score (nSPS) is 44.6. The van der Waals surface area contributed by atoms with Crippen LogP contribution in [0.2, 0.25) is 0 Å². The second-order valence-electron chi connectivity index (χ2n) is 10.3. The molecule has 5 aliphatic heterocycles. The van der Waals surface area contributed by atoms with Crippen molar-refractivity contribution in [2.75, 3.05) is 46.2 Å². The molecule has 0 saturated carbocycles. The summed E-state index contributed by atoms with van der Waals surface area (Å²) < 4.78 is 32.0. The zero-order valence-corrected chi connectivity index (χ0v) is 18.7. The van der Waals surface area contributed by atoms with Gasteiger partial charge >= 0.3 is 0 Å². The summed E-state index contributed by atoms with van der Waals surface area (Å²) in [6, 6.07) is 0. The quantitative estimate of drug-likeness (QED) is 0.673. The Morgan fingerprint density at radius 3 is 2.13 bits per heavy atom. The average molecular weight is 423 g/mol. The molecule has 0 aromatic carbocycles. The maximum atomic E-state index is 7.02. The fourth-order valence-corrected chi connectivity index (χ4v) is 7.42. The molecule has 5 heteroatoms. The molecule has 5 fully saturated rings. The molecule has 172 valence electrons. The number of hydrogen-bond donors (Lipinski definition) is 0. The van der Waals surface area contributed by atoms with Crippen LogP contribution in [0.15, 0.2) is 0 Å². The summed E-state index contributed by atoms with van der Waals surface area (Å²) in [6.45, 7) is 6.20. The Morgan fingerprint density at radius 2 is 1.43 bits per heavy atom. The van der Waals surface area contributed by atoms with Gasteiger partial charge in [0.05, 0.1) is 18.8 Å². The molecule has 0 aromatic rings. The Morgan fingerprint density at radius 1 is 0.600 bits per heavy atom. The Hall–Kier alpha value is -0.200. The minimum atomic E-state index is -0.246. The highest BCUT2D eigenvalue weighted by Crippen LogP contribution is 2.54. The van der Waals surface area contributed by atoms with E-state index in [1.54, 1.807) is 0 Å². The fraction of sp³-hybridized carbons (Fsp3) is 1.00. The molecule has 30 heavy (non-hydrogen) atoms. The third-order valence-electron chi connectivity index (χ3n) is 8.75. The van der Waals surface area contributed by atoms with Crippen molar-refractivity contribution in [1.82, 2.24) is 0 Å². The van der Waals surface area contributed by atoms with Gasteiger partial charge in [0.25, 0.3) is 0 Å². The summed E-state index contributed by atoms with van der Waals surface area (Å²) in [6.07, 6.45) is 13.6. The lowest BCUT2D eigenvalue weighted by atomic mass is 9.57. The minimum Gasteiger partial charge on any atom is -0.381 e. The summed E-state index contributed by atoms with van der Waals surface area (Å²) in [7, 11) is 0. The highest BCUT2D eigenvalue weighted by molar-refractivity contribution is 5.09. The number of hydrogen-bond acceptors (Lipinski definition) is 5. The summed E-state index contributed by atoms with van der Waals surface area (Å²) >= 11 is 0. The van der Waals surface area contributed by atoms with Crippen molar-refractivity contribution in [1.29, 1.82) is 0 Å². The van der Waals surface area contributed by atoms with Crippen molar-refractivity contribution >= 4 is 0 Å². The van der Waals surface area contributed by atoms with Crippen LogP contribution in [-0.4, -0.2) is 64.1 Å². The Bertz CT molecular complexity index is 498. The van der Waals surface area contributed by atoms with E-state index in [-0.39, 0.29) is 11.7 Å². The van der Waals surface area contributed by atoms with Crippen LogP contribution in [0.1, 0.15) is 70.6 Å². The fourth-order valence-electron chi connectivity index (χ4n) is 7.42. The molecule has 5 nitrogen and oxygen atoms in total. The number of ether oxygens (including phenoxy) is 5. The minimum absolute atomic E-state index is 0.191. The SMILES string of the molecule is C1CCC(C2C(C3CCOCC3)CCOC2(C2CCCOC2)C2CCCCO2)OC1. The van der Waals surface area contributed by atoms with Crippen LogP contribution in [-0.2, 0) is 23.7 Å². The van der Waals surface area contributed by atoms with Crippen LogP contribution in [0.4, 0.5) is 0 Å². The van der Waals surface area contributed by atoms with Crippen LogP contribution in [0.3, 0.4) is 0 Å². The molecule has 0 amide bonds. The van der Waals surface area contributed by atoms with Crippen LogP contribution in [0, 0.1) is 23.7 Å². The van der Waals surface area contributed by atoms with Gasteiger partial charge in [-0.3, -0.25) is 0 Å². The maximum Gasteiger partial charge on any atom is 0.105 e. The summed E-state index contributed by atoms with van der Waals surface area (Å²) in [5.74, 6) is 2.22. The topological polar surface area (TPSA) is 46.2 Å². The highest BCUT2D eigenvalue weighted by atomic mass is 16.6. The van der Waals surface area contributed by atoms with Crippen molar-refractivity contribution in [3.8, 4) is 0 Å². The Balaban J connectivity index is 1.53. The van der Waals surface area contributed by atoms with Crippen molar-refractivity contribution in [2.45, 2.75) is 88.4 Å². The Kier molecular flexibility index (Phi) is 7.33. The molecule has 5 aliphatic rings. The van der Waals surface area contributed by atoms with E-state index in [2.05, 4.69) is 0 Å². The zero-order chi connectivity index (χ0) is 20.2. The smallest absolute Gasteiger partial charge is 0.105 e. The summed E-state index contributed by atoms with van der Waals surface area (Å²) in [5.41, 5.74) is -0.246. The molecule has 0 radical (unpaired) electrons. The van der Waals surface area contributed by atoms with Gasteiger partial charge in [-0.05, 0) is 82.5 Å². The molecule has 5 rings (SSSR count). The van der Waals surface area contributed by atoms with Gasteiger partial charge in [-0.1, -0.05) is 0 Å². The molecule has 0 aromatic heterocycles. The Labute approximate surface area is 182 Å². The van der Waals surface area contributed by atoms with Gasteiger partial charge < -0.3 is 23.7 Å². The van der Waals surface area contributed by atoms with E-state index in [1.807, 2.05) is 0 Å². The second-order valence-corrected chi connectivity index (χ2v) is 10.3. The summed E-state index contributed by atoms with van der Waals surface area (Å²) in [5, 5.41) is 0. The molecular formula is C25H42O5. The van der Waals surface area contributed by atoms with Crippen LogP contribution < -0.4 is 0 Å². The van der Waals surface area contributed by atoms with Gasteiger partial charge in [0.15, 0.2) is 0 Å². The zero-order valence-electron chi connectivity index (χ0n) is 18.7. The standard InChI is InChI=1S/C25H42O5/c1-3-13-28-22(7-1)24-21(19-9-15-26-16-10-19)11-17-30-25(24,20-6-5-12-27-18-20)23-8-2-4-14-29-23/h19-24H,1-18H2. The first kappa shape index (κ1) is 21.6. The monoisotopic (exact) mass is 422 g/mol. The van der Waals surface area contributed by atoms with Gasteiger partial charge in [0.2, 0.25) is 0 Å².